The van der Waals surface area contributed by atoms with Crippen LogP contribution in [-0.4, -0.2) is 36.0 Å². The molecule has 1 aromatic carbocycles. The molecule has 0 atom stereocenters. The normalized spacial score (nSPS) is 15.8. The van der Waals surface area contributed by atoms with E-state index in [0.29, 0.717) is 31.7 Å². The van der Waals surface area contributed by atoms with Gasteiger partial charge in [-0.25, -0.2) is 4.98 Å². The number of nitrogens with one attached hydrogen (secondary N) is 1. The first-order valence-electron chi connectivity index (χ1n) is 7.68. The first-order valence-corrected chi connectivity index (χ1v) is 9.12. The van der Waals surface area contributed by atoms with E-state index in [1.807, 2.05) is 30.3 Å². The fraction of sp³-hybridized carbons (Fsp3) is 0.250. The lowest BCUT2D eigenvalue weighted by Gasteiger charge is -2.20. The Hall–Kier alpha value is -2.45. The van der Waals surface area contributed by atoms with Gasteiger partial charge in [0.1, 0.15) is 12.1 Å². The Morgan fingerprint density at radius 3 is 2.83 bits per heavy atom. The van der Waals surface area contributed by atoms with E-state index in [2.05, 4.69) is 14.9 Å². The van der Waals surface area contributed by atoms with Crippen LogP contribution in [0.15, 0.2) is 47.2 Å². The summed E-state index contributed by atoms with van der Waals surface area (Å²) >= 11 is 0. The van der Waals surface area contributed by atoms with Crippen molar-refractivity contribution in [3.63, 3.8) is 0 Å². The third-order valence-electron chi connectivity index (χ3n) is 4.13. The monoisotopic (exact) mass is 344 g/mol. The Kier molecular flexibility index (Phi) is 3.70. The van der Waals surface area contributed by atoms with E-state index < -0.39 is 10.2 Å². The number of aromatic nitrogens is 2. The topological polar surface area (TPSA) is 88.3 Å². The average molecular weight is 344 g/mol. The first kappa shape index (κ1) is 15.1. The van der Waals surface area contributed by atoms with Crippen LogP contribution >= 0.6 is 0 Å². The molecule has 1 aliphatic rings. The zero-order chi connectivity index (χ0) is 16.6. The smallest absolute Gasteiger partial charge is 0.302 e. The van der Waals surface area contributed by atoms with Gasteiger partial charge in [0.05, 0.1) is 11.2 Å². The SMILES string of the molecule is O=S(=O)(Nc1ccc2ccccc2n1)N1CCc2conc2CC1. The predicted molar refractivity (Wildman–Crippen MR) is 89.8 cm³/mol. The maximum absolute atomic E-state index is 12.6. The largest absolute Gasteiger partial charge is 0.364 e. The highest BCUT2D eigenvalue weighted by Crippen LogP contribution is 2.19. The van der Waals surface area contributed by atoms with Gasteiger partial charge >= 0.3 is 10.2 Å². The van der Waals surface area contributed by atoms with Crippen molar-refractivity contribution < 1.29 is 12.9 Å². The maximum Gasteiger partial charge on any atom is 0.302 e. The molecular formula is C16H16N4O3S. The van der Waals surface area contributed by atoms with E-state index in [0.717, 1.165) is 22.2 Å². The molecule has 24 heavy (non-hydrogen) atoms. The van der Waals surface area contributed by atoms with Crippen LogP contribution in [-0.2, 0) is 23.1 Å². The number of nitrogens with zero attached hydrogens (tertiary/aromatic N) is 3. The second kappa shape index (κ2) is 5.88. The second-order valence-electron chi connectivity index (χ2n) is 5.68. The summed E-state index contributed by atoms with van der Waals surface area (Å²) in [5, 5.41) is 4.89. The number of fused-ring (bicyclic) bond motifs is 2. The molecular weight excluding hydrogens is 328 g/mol. The van der Waals surface area contributed by atoms with Gasteiger partial charge in [-0.1, -0.05) is 23.4 Å². The van der Waals surface area contributed by atoms with Crippen LogP contribution in [0.25, 0.3) is 10.9 Å². The van der Waals surface area contributed by atoms with Crippen molar-refractivity contribution in [2.75, 3.05) is 17.8 Å². The van der Waals surface area contributed by atoms with Crippen molar-refractivity contribution in [2.24, 2.45) is 0 Å². The van der Waals surface area contributed by atoms with E-state index in [-0.39, 0.29) is 0 Å². The predicted octanol–water partition coefficient (Wildman–Crippen LogP) is 1.98. The molecule has 3 heterocycles. The van der Waals surface area contributed by atoms with Gasteiger partial charge in [0.15, 0.2) is 0 Å². The van der Waals surface area contributed by atoms with Gasteiger partial charge in [0, 0.05) is 30.5 Å². The van der Waals surface area contributed by atoms with Crippen LogP contribution in [0, 0.1) is 0 Å². The van der Waals surface area contributed by atoms with E-state index >= 15 is 0 Å². The molecule has 124 valence electrons. The molecule has 0 radical (unpaired) electrons. The van der Waals surface area contributed by atoms with E-state index in [1.165, 1.54) is 4.31 Å². The van der Waals surface area contributed by atoms with Crippen molar-refractivity contribution in [2.45, 2.75) is 12.8 Å². The van der Waals surface area contributed by atoms with Crippen LogP contribution in [0.5, 0.6) is 0 Å². The molecule has 4 rings (SSSR count). The number of hydrogen-bond donors (Lipinski definition) is 1. The molecule has 7 nitrogen and oxygen atoms in total. The quantitative estimate of drug-likeness (QED) is 0.785. The van der Waals surface area contributed by atoms with Crippen LogP contribution in [0.4, 0.5) is 5.82 Å². The van der Waals surface area contributed by atoms with E-state index in [9.17, 15) is 8.42 Å². The molecule has 1 aliphatic heterocycles. The standard InChI is InChI=1S/C16H16N4O3S/c21-24(22,20-9-7-13-11-23-18-15(13)8-10-20)19-16-6-5-12-3-1-2-4-14(12)17-16/h1-6,11H,7-10H2,(H,17,19). The average Bonchev–Trinajstić information content (AvgIpc) is 2.92. The number of pyridine rings is 1. The molecule has 0 unspecified atom stereocenters. The molecule has 8 heteroatoms. The number of hydrogen-bond acceptors (Lipinski definition) is 5. The summed E-state index contributed by atoms with van der Waals surface area (Å²) in [6, 6.07) is 11.1. The number of para-hydroxylation sites is 1. The molecule has 0 aliphatic carbocycles. The Morgan fingerprint density at radius 2 is 1.92 bits per heavy atom. The van der Waals surface area contributed by atoms with Gasteiger partial charge in [-0.2, -0.15) is 12.7 Å². The Bertz CT molecular complexity index is 961. The number of rotatable bonds is 3. The molecule has 0 saturated heterocycles. The van der Waals surface area contributed by atoms with E-state index in [4.69, 9.17) is 4.52 Å². The van der Waals surface area contributed by atoms with Gasteiger partial charge < -0.3 is 4.52 Å². The van der Waals surface area contributed by atoms with Crippen molar-refractivity contribution in [1.82, 2.24) is 14.4 Å². The number of benzene rings is 1. The van der Waals surface area contributed by atoms with Gasteiger partial charge in [-0.05, 0) is 24.6 Å². The summed E-state index contributed by atoms with van der Waals surface area (Å²) in [5.41, 5.74) is 2.55. The molecule has 0 bridgehead atoms. The second-order valence-corrected chi connectivity index (χ2v) is 7.35. The zero-order valence-electron chi connectivity index (χ0n) is 12.8. The van der Waals surface area contributed by atoms with Crippen LogP contribution in [0.2, 0.25) is 0 Å². The summed E-state index contributed by atoms with van der Waals surface area (Å²) in [4.78, 5) is 4.36. The lowest BCUT2D eigenvalue weighted by Crippen LogP contribution is -2.37. The highest BCUT2D eigenvalue weighted by Gasteiger charge is 2.26. The van der Waals surface area contributed by atoms with Crippen molar-refractivity contribution in [3.8, 4) is 0 Å². The van der Waals surface area contributed by atoms with Crippen LogP contribution in [0.1, 0.15) is 11.3 Å². The minimum atomic E-state index is -3.66. The molecule has 2 aromatic heterocycles. The third-order valence-corrected chi connectivity index (χ3v) is 5.64. The third kappa shape index (κ3) is 2.85. The summed E-state index contributed by atoms with van der Waals surface area (Å²) < 4.78 is 34.2. The van der Waals surface area contributed by atoms with Crippen molar-refractivity contribution in [1.29, 1.82) is 0 Å². The van der Waals surface area contributed by atoms with Crippen LogP contribution in [0.3, 0.4) is 0 Å². The minimum Gasteiger partial charge on any atom is -0.364 e. The number of anilines is 1. The minimum absolute atomic E-state index is 0.318. The fourth-order valence-corrected chi connectivity index (χ4v) is 4.01. The Labute approximate surface area is 139 Å². The van der Waals surface area contributed by atoms with Crippen molar-refractivity contribution >= 4 is 26.9 Å². The van der Waals surface area contributed by atoms with Gasteiger partial charge in [-0.15, -0.1) is 0 Å². The molecule has 0 saturated carbocycles. The lowest BCUT2D eigenvalue weighted by molar-refractivity contribution is 0.392. The van der Waals surface area contributed by atoms with Gasteiger partial charge in [0.25, 0.3) is 0 Å². The molecule has 3 aromatic rings. The first-order chi connectivity index (χ1) is 11.6. The molecule has 0 amide bonds. The molecule has 0 fully saturated rings. The van der Waals surface area contributed by atoms with Gasteiger partial charge in [-0.3, -0.25) is 4.72 Å². The van der Waals surface area contributed by atoms with Crippen LogP contribution < -0.4 is 4.72 Å². The summed E-state index contributed by atoms with van der Waals surface area (Å²) in [5.74, 6) is 0.318. The maximum atomic E-state index is 12.6. The zero-order valence-corrected chi connectivity index (χ0v) is 13.7. The summed E-state index contributed by atoms with van der Waals surface area (Å²) in [6.45, 7) is 0.750. The van der Waals surface area contributed by atoms with Gasteiger partial charge in [0.2, 0.25) is 0 Å². The van der Waals surface area contributed by atoms with Crippen molar-refractivity contribution in [3.05, 3.63) is 53.9 Å². The highest BCUT2D eigenvalue weighted by molar-refractivity contribution is 7.90. The molecule has 1 N–H and O–H groups in total. The lowest BCUT2D eigenvalue weighted by atomic mass is 10.2. The summed E-state index contributed by atoms with van der Waals surface area (Å²) in [7, 11) is -3.66. The highest BCUT2D eigenvalue weighted by atomic mass is 32.2. The van der Waals surface area contributed by atoms with E-state index in [1.54, 1.807) is 12.3 Å². The Balaban J connectivity index is 1.55. The molecule has 0 spiro atoms. The summed E-state index contributed by atoms with van der Waals surface area (Å²) in [6.07, 6.45) is 2.71. The Morgan fingerprint density at radius 1 is 1.08 bits per heavy atom. The fourth-order valence-electron chi connectivity index (χ4n) is 2.84.